The van der Waals surface area contributed by atoms with Gasteiger partial charge in [-0.3, -0.25) is 4.98 Å². The summed E-state index contributed by atoms with van der Waals surface area (Å²) >= 11 is 6.04. The molecule has 1 aromatic heterocycles. The SMILES string of the molecule is O=C(O)C(F)(F)F.O=S(=O)(NC1CCN(c2ccnc3cc(Cl)ccc23)C1)c1ccc(F)cc1. The second-order valence-electron chi connectivity index (χ2n) is 7.30. The molecule has 34 heavy (non-hydrogen) atoms. The number of alkyl halides is 3. The summed E-state index contributed by atoms with van der Waals surface area (Å²) in [7, 11) is -3.69. The lowest BCUT2D eigenvalue weighted by Crippen LogP contribution is -2.37. The first-order valence-corrected chi connectivity index (χ1v) is 11.6. The number of carboxylic acids is 1. The number of halogens is 5. The van der Waals surface area contributed by atoms with Crippen LogP contribution < -0.4 is 9.62 Å². The maximum Gasteiger partial charge on any atom is 0.490 e. The molecule has 182 valence electrons. The summed E-state index contributed by atoms with van der Waals surface area (Å²) in [4.78, 5) is 15.4. The smallest absolute Gasteiger partial charge is 0.475 e. The van der Waals surface area contributed by atoms with Crippen molar-refractivity contribution in [2.24, 2.45) is 0 Å². The van der Waals surface area contributed by atoms with Crippen LogP contribution in [0.2, 0.25) is 5.02 Å². The highest BCUT2D eigenvalue weighted by atomic mass is 35.5. The Kier molecular flexibility index (Phi) is 7.64. The molecule has 13 heteroatoms. The molecule has 1 unspecified atom stereocenters. The van der Waals surface area contributed by atoms with E-state index in [1.807, 2.05) is 24.3 Å². The molecule has 1 aliphatic rings. The second kappa shape index (κ2) is 10.1. The predicted octanol–water partition coefficient (Wildman–Crippen LogP) is 4.22. The van der Waals surface area contributed by atoms with Gasteiger partial charge in [0.1, 0.15) is 5.82 Å². The van der Waals surface area contributed by atoms with Gasteiger partial charge >= 0.3 is 12.1 Å². The monoisotopic (exact) mass is 519 g/mol. The van der Waals surface area contributed by atoms with Gasteiger partial charge in [0.25, 0.3) is 0 Å². The zero-order chi connectivity index (χ0) is 25.1. The molecule has 2 N–H and O–H groups in total. The third-order valence-corrected chi connectivity index (χ3v) is 6.67. The van der Waals surface area contributed by atoms with E-state index >= 15 is 0 Å². The van der Waals surface area contributed by atoms with Gasteiger partial charge in [-0.2, -0.15) is 13.2 Å². The van der Waals surface area contributed by atoms with Gasteiger partial charge in [-0.15, -0.1) is 0 Å². The molecule has 0 spiro atoms. The number of hydrogen-bond donors (Lipinski definition) is 2. The van der Waals surface area contributed by atoms with Crippen LogP contribution in [0.3, 0.4) is 0 Å². The van der Waals surface area contributed by atoms with E-state index in [-0.39, 0.29) is 10.9 Å². The number of sulfonamides is 1. The molecular formula is C21H18ClF4N3O4S. The van der Waals surface area contributed by atoms with Crippen LogP contribution in [0.5, 0.6) is 0 Å². The largest absolute Gasteiger partial charge is 0.490 e. The first kappa shape index (κ1) is 25.7. The van der Waals surface area contributed by atoms with Crippen molar-refractivity contribution >= 4 is 44.2 Å². The van der Waals surface area contributed by atoms with Crippen LogP contribution in [0.1, 0.15) is 6.42 Å². The van der Waals surface area contributed by atoms with Gasteiger partial charge < -0.3 is 10.0 Å². The maximum absolute atomic E-state index is 13.0. The van der Waals surface area contributed by atoms with Crippen LogP contribution in [-0.2, 0) is 14.8 Å². The van der Waals surface area contributed by atoms with Crippen molar-refractivity contribution in [3.8, 4) is 0 Å². The van der Waals surface area contributed by atoms with Crippen LogP contribution in [0.25, 0.3) is 10.9 Å². The van der Waals surface area contributed by atoms with Gasteiger partial charge in [-0.05, 0) is 55.0 Å². The zero-order valence-electron chi connectivity index (χ0n) is 17.3. The van der Waals surface area contributed by atoms with Crippen LogP contribution in [0.15, 0.2) is 59.6 Å². The number of aliphatic carboxylic acids is 1. The number of carbonyl (C=O) groups is 1. The van der Waals surface area contributed by atoms with Gasteiger partial charge in [0.05, 0.1) is 10.4 Å². The van der Waals surface area contributed by atoms with E-state index in [0.29, 0.717) is 18.0 Å². The number of pyridine rings is 1. The van der Waals surface area contributed by atoms with E-state index in [2.05, 4.69) is 14.6 Å². The predicted molar refractivity (Wildman–Crippen MR) is 118 cm³/mol. The second-order valence-corrected chi connectivity index (χ2v) is 9.45. The Morgan fingerprint density at radius 3 is 2.41 bits per heavy atom. The van der Waals surface area contributed by atoms with Crippen molar-refractivity contribution in [3.05, 3.63) is 65.6 Å². The Balaban J connectivity index is 0.000000406. The minimum absolute atomic E-state index is 0.0614. The average molecular weight is 520 g/mol. The molecule has 2 aromatic carbocycles. The summed E-state index contributed by atoms with van der Waals surface area (Å²) in [6.07, 6.45) is -2.68. The lowest BCUT2D eigenvalue weighted by molar-refractivity contribution is -0.192. The highest BCUT2D eigenvalue weighted by molar-refractivity contribution is 7.89. The molecule has 2 heterocycles. The van der Waals surface area contributed by atoms with Crippen LogP contribution in [0.4, 0.5) is 23.2 Å². The van der Waals surface area contributed by atoms with Gasteiger partial charge in [0, 0.05) is 41.4 Å². The maximum atomic E-state index is 13.0. The fourth-order valence-corrected chi connectivity index (χ4v) is 4.79. The molecule has 1 fully saturated rings. The summed E-state index contributed by atoms with van der Waals surface area (Å²) in [6, 6.07) is 12.1. The molecule has 0 aliphatic carbocycles. The Morgan fingerprint density at radius 1 is 1.15 bits per heavy atom. The summed E-state index contributed by atoms with van der Waals surface area (Å²) in [5.74, 6) is -3.22. The molecule has 1 atom stereocenters. The number of rotatable bonds is 4. The van der Waals surface area contributed by atoms with Gasteiger partial charge in [0.2, 0.25) is 10.0 Å². The molecule has 0 amide bonds. The summed E-state index contributed by atoms with van der Waals surface area (Å²) < 4.78 is 72.5. The van der Waals surface area contributed by atoms with Crippen molar-refractivity contribution in [2.45, 2.75) is 23.5 Å². The van der Waals surface area contributed by atoms with Gasteiger partial charge in [-0.25, -0.2) is 22.3 Å². The topological polar surface area (TPSA) is 99.6 Å². The van der Waals surface area contributed by atoms with E-state index in [1.54, 1.807) is 6.20 Å². The third kappa shape index (κ3) is 6.33. The summed E-state index contributed by atoms with van der Waals surface area (Å²) in [5.41, 5.74) is 1.80. The van der Waals surface area contributed by atoms with Crippen molar-refractivity contribution in [3.63, 3.8) is 0 Å². The highest BCUT2D eigenvalue weighted by Crippen LogP contribution is 2.30. The molecule has 0 saturated carbocycles. The number of benzene rings is 2. The summed E-state index contributed by atoms with van der Waals surface area (Å²) in [5, 5.41) is 8.72. The third-order valence-electron chi connectivity index (χ3n) is 4.90. The number of nitrogens with one attached hydrogen (secondary N) is 1. The molecule has 4 rings (SSSR count). The van der Waals surface area contributed by atoms with E-state index < -0.39 is 28.0 Å². The molecular weight excluding hydrogens is 502 g/mol. The molecule has 1 aliphatic heterocycles. The first-order valence-electron chi connectivity index (χ1n) is 9.74. The fraction of sp³-hybridized carbons (Fsp3) is 0.238. The minimum Gasteiger partial charge on any atom is -0.475 e. The van der Waals surface area contributed by atoms with Crippen molar-refractivity contribution < 1.29 is 35.9 Å². The minimum atomic E-state index is -5.08. The van der Waals surface area contributed by atoms with E-state index in [9.17, 15) is 26.0 Å². The molecule has 3 aromatic rings. The fourth-order valence-electron chi connectivity index (χ4n) is 3.36. The van der Waals surface area contributed by atoms with E-state index in [1.165, 1.54) is 12.1 Å². The van der Waals surface area contributed by atoms with E-state index in [4.69, 9.17) is 21.5 Å². The molecule has 0 bridgehead atoms. The van der Waals surface area contributed by atoms with E-state index in [0.717, 1.165) is 35.3 Å². The van der Waals surface area contributed by atoms with Crippen molar-refractivity contribution in [1.29, 1.82) is 0 Å². The number of fused-ring (bicyclic) bond motifs is 1. The summed E-state index contributed by atoms with van der Waals surface area (Å²) in [6.45, 7) is 1.26. The Morgan fingerprint density at radius 2 is 1.79 bits per heavy atom. The lowest BCUT2D eigenvalue weighted by atomic mass is 10.2. The number of hydrogen-bond acceptors (Lipinski definition) is 5. The number of carboxylic acid groups (broad SMARTS) is 1. The average Bonchev–Trinajstić information content (AvgIpc) is 3.20. The van der Waals surface area contributed by atoms with Crippen LogP contribution >= 0.6 is 11.6 Å². The Labute approximate surface area is 197 Å². The standard InChI is InChI=1S/C19H17ClFN3O2S.C2HF3O2/c20-13-1-6-17-18(11-13)22-9-7-19(17)24-10-8-15(12-24)23-27(25,26)16-4-2-14(21)3-5-16;3-2(4,5)1(6)7/h1-7,9,11,15,23H,8,10,12H2;(H,6,7). The van der Waals surface area contributed by atoms with Crippen molar-refractivity contribution in [1.82, 2.24) is 9.71 Å². The lowest BCUT2D eigenvalue weighted by Gasteiger charge is -2.21. The number of nitrogens with zero attached hydrogens (tertiary/aromatic N) is 2. The highest BCUT2D eigenvalue weighted by Gasteiger charge is 2.38. The van der Waals surface area contributed by atoms with Gasteiger partial charge in [0.15, 0.2) is 0 Å². The molecule has 1 saturated heterocycles. The zero-order valence-corrected chi connectivity index (χ0v) is 18.8. The quantitative estimate of drug-likeness (QED) is 0.501. The molecule has 0 radical (unpaired) electrons. The van der Waals surface area contributed by atoms with Crippen LogP contribution in [0, 0.1) is 5.82 Å². The first-order chi connectivity index (χ1) is 15.9. The van der Waals surface area contributed by atoms with Gasteiger partial charge in [-0.1, -0.05) is 11.6 Å². The molecule has 7 nitrogen and oxygen atoms in total. The normalized spacial score (nSPS) is 16.3. The number of anilines is 1. The number of aromatic nitrogens is 1. The Bertz CT molecular complexity index is 1290. The van der Waals surface area contributed by atoms with Crippen molar-refractivity contribution in [2.75, 3.05) is 18.0 Å². The van der Waals surface area contributed by atoms with Crippen LogP contribution in [-0.4, -0.2) is 49.8 Å². The Hall–Kier alpha value is -2.96.